The van der Waals surface area contributed by atoms with Gasteiger partial charge in [-0.15, -0.1) is 0 Å². The molecule has 0 saturated heterocycles. The van der Waals surface area contributed by atoms with Crippen molar-refractivity contribution in [2.45, 2.75) is 63.2 Å². The normalized spacial score (nSPS) is 26.5. The molecule has 0 aliphatic heterocycles. The molecule has 23 heavy (non-hydrogen) atoms. The first-order chi connectivity index (χ1) is 11.3. The second-order valence-electron chi connectivity index (χ2n) is 7.46. The van der Waals surface area contributed by atoms with Crippen molar-refractivity contribution < 1.29 is 4.79 Å². The molecular weight excluding hydrogens is 280 g/mol. The van der Waals surface area contributed by atoms with Gasteiger partial charge in [0, 0.05) is 6.42 Å². The Morgan fingerprint density at radius 2 is 1.61 bits per heavy atom. The largest absolute Gasteiger partial charge is 0.299 e. The molecule has 0 radical (unpaired) electrons. The Bertz CT molecular complexity index is 705. The van der Waals surface area contributed by atoms with Gasteiger partial charge in [-0.05, 0) is 47.9 Å². The van der Waals surface area contributed by atoms with Crippen LogP contribution in [0.1, 0.15) is 63.4 Å². The monoisotopic (exact) mass is 306 g/mol. The Kier molecular flexibility index (Phi) is 3.97. The lowest BCUT2D eigenvalue weighted by Gasteiger charge is -2.45. The Morgan fingerprint density at radius 3 is 2.43 bits per heavy atom. The molecule has 2 aromatic carbocycles. The number of hydrogen-bond donors (Lipinski definition) is 0. The van der Waals surface area contributed by atoms with Crippen LogP contribution >= 0.6 is 0 Å². The van der Waals surface area contributed by atoms with Crippen molar-refractivity contribution in [3.63, 3.8) is 0 Å². The topological polar surface area (TPSA) is 17.1 Å². The maximum Gasteiger partial charge on any atom is 0.143 e. The summed E-state index contributed by atoms with van der Waals surface area (Å²) in [6, 6.07) is 15.2. The zero-order chi connectivity index (χ0) is 15.7. The molecule has 2 saturated carbocycles. The van der Waals surface area contributed by atoms with E-state index in [0.29, 0.717) is 11.7 Å². The summed E-state index contributed by atoms with van der Waals surface area (Å²) in [5.74, 6) is 1.07. The summed E-state index contributed by atoms with van der Waals surface area (Å²) in [5, 5.41) is 2.58. The Labute approximate surface area is 139 Å². The van der Waals surface area contributed by atoms with Crippen LogP contribution in [-0.4, -0.2) is 5.78 Å². The molecule has 2 aromatic rings. The Morgan fingerprint density at radius 1 is 0.826 bits per heavy atom. The maximum atomic E-state index is 13.3. The molecule has 0 spiro atoms. The summed E-state index contributed by atoms with van der Waals surface area (Å²) in [7, 11) is 0. The number of fused-ring (bicyclic) bond motifs is 1. The van der Waals surface area contributed by atoms with E-state index in [1.54, 1.807) is 0 Å². The summed E-state index contributed by atoms with van der Waals surface area (Å²) in [6.07, 6.45) is 10.5. The summed E-state index contributed by atoms with van der Waals surface area (Å²) >= 11 is 0. The molecule has 0 bridgehead atoms. The van der Waals surface area contributed by atoms with Crippen molar-refractivity contribution >= 4 is 16.6 Å². The lowest BCUT2D eigenvalue weighted by atomic mass is 9.57. The quantitative estimate of drug-likeness (QED) is 0.685. The molecule has 120 valence electrons. The molecule has 0 aromatic heterocycles. The fourth-order valence-corrected chi connectivity index (χ4v) is 5.20. The van der Waals surface area contributed by atoms with Gasteiger partial charge >= 0.3 is 0 Å². The number of rotatable bonds is 2. The minimum absolute atomic E-state index is 0.209. The molecule has 1 atom stereocenters. The van der Waals surface area contributed by atoms with Crippen molar-refractivity contribution in [3.05, 3.63) is 48.0 Å². The van der Waals surface area contributed by atoms with Crippen LogP contribution in [0.2, 0.25) is 0 Å². The van der Waals surface area contributed by atoms with E-state index in [9.17, 15) is 4.79 Å². The van der Waals surface area contributed by atoms with Gasteiger partial charge in [-0.2, -0.15) is 0 Å². The molecule has 0 N–H and O–H groups in total. The van der Waals surface area contributed by atoms with Crippen LogP contribution in [-0.2, 0) is 10.2 Å². The van der Waals surface area contributed by atoms with Gasteiger partial charge in [0.15, 0.2) is 0 Å². The van der Waals surface area contributed by atoms with Crippen LogP contribution in [0.5, 0.6) is 0 Å². The standard InChI is InChI=1S/C22H26O/c23-21-15-6-7-16-22(21,18-11-2-1-3-12-18)20-14-8-10-17-9-4-5-13-19(17)20/h4-5,8-10,13-14,18H,1-3,6-7,11-12,15-16H2. The molecule has 1 unspecified atom stereocenters. The minimum Gasteiger partial charge on any atom is -0.299 e. The third-order valence-corrected chi connectivity index (χ3v) is 6.29. The highest BCUT2D eigenvalue weighted by Crippen LogP contribution is 2.49. The molecule has 0 heterocycles. The van der Waals surface area contributed by atoms with Crippen LogP contribution in [0.4, 0.5) is 0 Å². The van der Waals surface area contributed by atoms with E-state index in [1.165, 1.54) is 54.9 Å². The lowest BCUT2D eigenvalue weighted by molar-refractivity contribution is -0.129. The molecule has 0 amide bonds. The summed E-state index contributed by atoms with van der Waals surface area (Å²) in [4.78, 5) is 13.3. The van der Waals surface area contributed by atoms with Gasteiger partial charge in [-0.3, -0.25) is 4.79 Å². The van der Waals surface area contributed by atoms with Gasteiger partial charge in [0.25, 0.3) is 0 Å². The van der Waals surface area contributed by atoms with E-state index in [0.717, 1.165) is 19.3 Å². The van der Waals surface area contributed by atoms with E-state index < -0.39 is 0 Å². The maximum absolute atomic E-state index is 13.3. The van der Waals surface area contributed by atoms with Gasteiger partial charge in [0.2, 0.25) is 0 Å². The fourth-order valence-electron chi connectivity index (χ4n) is 5.20. The first-order valence-corrected chi connectivity index (χ1v) is 9.34. The van der Waals surface area contributed by atoms with Crippen LogP contribution in [0, 0.1) is 5.92 Å². The first kappa shape index (κ1) is 14.9. The highest BCUT2D eigenvalue weighted by Gasteiger charge is 2.48. The third-order valence-electron chi connectivity index (χ3n) is 6.29. The van der Waals surface area contributed by atoms with E-state index in [1.807, 2.05) is 0 Å². The van der Waals surface area contributed by atoms with Crippen molar-refractivity contribution in [2.75, 3.05) is 0 Å². The molecule has 1 heteroatoms. The van der Waals surface area contributed by atoms with Gasteiger partial charge in [-0.1, -0.05) is 68.1 Å². The number of carbonyl (C=O) groups is 1. The average molecular weight is 306 g/mol. The first-order valence-electron chi connectivity index (χ1n) is 9.34. The zero-order valence-electron chi connectivity index (χ0n) is 13.9. The van der Waals surface area contributed by atoms with E-state index in [4.69, 9.17) is 0 Å². The predicted molar refractivity (Wildman–Crippen MR) is 95.7 cm³/mol. The molecular formula is C22H26O. The van der Waals surface area contributed by atoms with Crippen LogP contribution in [0.25, 0.3) is 10.8 Å². The van der Waals surface area contributed by atoms with Gasteiger partial charge < -0.3 is 0 Å². The van der Waals surface area contributed by atoms with Crippen molar-refractivity contribution in [3.8, 4) is 0 Å². The SMILES string of the molecule is O=C1CCCCC1(c1cccc2ccccc12)C1CCCCC1. The van der Waals surface area contributed by atoms with Gasteiger partial charge in [-0.25, -0.2) is 0 Å². The van der Waals surface area contributed by atoms with Crippen molar-refractivity contribution in [1.82, 2.24) is 0 Å². The van der Waals surface area contributed by atoms with Gasteiger partial charge in [0.05, 0.1) is 5.41 Å². The average Bonchev–Trinajstić information content (AvgIpc) is 2.63. The number of Topliss-reactive ketones (excluding diaryl/α,β-unsaturated/α-hetero) is 1. The highest BCUT2D eigenvalue weighted by molar-refractivity contribution is 5.97. The highest BCUT2D eigenvalue weighted by atomic mass is 16.1. The molecule has 2 aliphatic carbocycles. The summed E-state index contributed by atoms with van der Waals surface area (Å²) in [6.45, 7) is 0. The van der Waals surface area contributed by atoms with Crippen molar-refractivity contribution in [1.29, 1.82) is 0 Å². The van der Waals surface area contributed by atoms with Crippen LogP contribution in [0.15, 0.2) is 42.5 Å². The Hall–Kier alpha value is -1.63. The van der Waals surface area contributed by atoms with Crippen molar-refractivity contribution in [2.24, 2.45) is 5.92 Å². The summed E-state index contributed by atoms with van der Waals surface area (Å²) < 4.78 is 0. The van der Waals surface area contributed by atoms with Gasteiger partial charge in [0.1, 0.15) is 5.78 Å². The molecule has 2 fully saturated rings. The summed E-state index contributed by atoms with van der Waals surface area (Å²) in [5.41, 5.74) is 1.12. The fraction of sp³-hybridized carbons (Fsp3) is 0.500. The molecule has 4 rings (SSSR count). The molecule has 1 nitrogen and oxygen atoms in total. The predicted octanol–water partition coefficient (Wildman–Crippen LogP) is 5.80. The smallest absolute Gasteiger partial charge is 0.143 e. The van der Waals surface area contributed by atoms with Crippen LogP contribution < -0.4 is 0 Å². The van der Waals surface area contributed by atoms with E-state index in [-0.39, 0.29) is 5.41 Å². The minimum atomic E-state index is -0.209. The second-order valence-corrected chi connectivity index (χ2v) is 7.46. The number of benzene rings is 2. The van der Waals surface area contributed by atoms with E-state index >= 15 is 0 Å². The third kappa shape index (κ3) is 2.41. The van der Waals surface area contributed by atoms with E-state index in [2.05, 4.69) is 42.5 Å². The zero-order valence-corrected chi connectivity index (χ0v) is 13.9. The van der Waals surface area contributed by atoms with Crippen LogP contribution in [0.3, 0.4) is 0 Å². The number of carbonyl (C=O) groups excluding carboxylic acids is 1. The number of ketones is 1. The lowest BCUT2D eigenvalue weighted by Crippen LogP contribution is -2.46. The second kappa shape index (κ2) is 6.11. The molecule has 2 aliphatic rings. The number of hydrogen-bond acceptors (Lipinski definition) is 1. The Balaban J connectivity index is 1.91.